The first kappa shape index (κ1) is 72.7. The lowest BCUT2D eigenvalue weighted by Gasteiger charge is -2.30. The lowest BCUT2D eigenvalue weighted by Crippen LogP contribution is -2.41. The van der Waals surface area contributed by atoms with Gasteiger partial charge in [0.2, 0.25) is 47.7 Å². The van der Waals surface area contributed by atoms with E-state index in [2.05, 4.69) is 30.9 Å². The quantitative estimate of drug-likeness (QED) is 0.0719. The van der Waals surface area contributed by atoms with Crippen LogP contribution in [0.2, 0.25) is 5.02 Å². The van der Waals surface area contributed by atoms with E-state index in [4.69, 9.17) is 55.7 Å². The van der Waals surface area contributed by atoms with Crippen molar-refractivity contribution >= 4 is 124 Å². The number of rotatable bonds is 18. The van der Waals surface area contributed by atoms with Gasteiger partial charge in [-0.2, -0.15) is 15.0 Å². The summed E-state index contributed by atoms with van der Waals surface area (Å²) in [5, 5.41) is 16.6. The molecule has 540 valence electrons. The number of hydrogen-bond acceptors (Lipinski definition) is 21. The van der Waals surface area contributed by atoms with Gasteiger partial charge in [-0.15, -0.1) is 0 Å². The van der Waals surface area contributed by atoms with Crippen LogP contribution in [0.1, 0.15) is 100 Å². The van der Waals surface area contributed by atoms with Gasteiger partial charge >= 0.3 is 0 Å². The van der Waals surface area contributed by atoms with Crippen LogP contribution in [-0.4, -0.2) is 159 Å². The Hall–Kier alpha value is -9.61. The van der Waals surface area contributed by atoms with Crippen molar-refractivity contribution in [1.29, 1.82) is 0 Å². The second-order valence-corrected chi connectivity index (χ2v) is 32.8. The minimum Gasteiger partial charge on any atom is -0.474 e. The highest BCUT2D eigenvalue weighted by molar-refractivity contribution is 7.88. The topological polar surface area (TPSA) is 292 Å². The number of aryl methyl sites for hydroxylation is 1. The Balaban J connectivity index is 0.000000139. The van der Waals surface area contributed by atoms with E-state index >= 15 is 0 Å². The van der Waals surface area contributed by atoms with Crippen molar-refractivity contribution in [3.8, 4) is 17.6 Å². The number of nitrogens with one attached hydrogen (secondary N) is 3. The number of sulfonamides is 3. The maximum absolute atomic E-state index is 11.9. The first-order valence-electron chi connectivity index (χ1n) is 34.6. The molecule has 12 aromatic rings. The highest BCUT2D eigenvalue weighted by Crippen LogP contribution is 2.37. The number of nitrogens with zero attached hydrogens (tertiary/aromatic N) is 12. The van der Waals surface area contributed by atoms with E-state index in [0.717, 1.165) is 77.1 Å². The number of fused-ring (bicyclic) bond motifs is 6. The van der Waals surface area contributed by atoms with Gasteiger partial charge < -0.3 is 30.2 Å². The molecule has 0 radical (unpaired) electrons. The molecule has 0 bridgehead atoms. The van der Waals surface area contributed by atoms with Crippen LogP contribution < -0.4 is 30.2 Å². The molecule has 6 aromatic carbocycles. The Morgan fingerprint density at radius 3 is 1.08 bits per heavy atom. The zero-order valence-corrected chi connectivity index (χ0v) is 62.0. The van der Waals surface area contributed by atoms with Crippen LogP contribution in [0.15, 0.2) is 170 Å². The minimum atomic E-state index is -3.21. The van der Waals surface area contributed by atoms with Crippen LogP contribution in [0.4, 0.5) is 17.1 Å². The summed E-state index contributed by atoms with van der Waals surface area (Å²) in [5.41, 5.74) is 8.98. The van der Waals surface area contributed by atoms with Crippen molar-refractivity contribution in [2.45, 2.75) is 103 Å². The molecule has 15 rings (SSSR count). The van der Waals surface area contributed by atoms with Crippen LogP contribution in [0, 0.1) is 6.92 Å². The molecule has 0 amide bonds. The van der Waals surface area contributed by atoms with Crippen LogP contribution in [0.25, 0.3) is 65.4 Å². The van der Waals surface area contributed by atoms with Gasteiger partial charge in [-0.3, -0.25) is 15.0 Å². The van der Waals surface area contributed by atoms with Gasteiger partial charge in [-0.05, 0) is 139 Å². The summed E-state index contributed by atoms with van der Waals surface area (Å²) in [6.45, 7) is 10.7. The van der Waals surface area contributed by atoms with Gasteiger partial charge in [0, 0.05) is 91.1 Å². The smallest absolute Gasteiger partial charge is 0.226 e. The zero-order chi connectivity index (χ0) is 72.9. The lowest BCUT2D eigenvalue weighted by atomic mass is 10.1. The first-order valence-corrected chi connectivity index (χ1v) is 40.6. The molecular formula is C76H82ClN15O9S3. The predicted octanol–water partition coefficient (Wildman–Crippen LogP) is 13.4. The summed E-state index contributed by atoms with van der Waals surface area (Å²) < 4.78 is 94.7. The third-order valence-electron chi connectivity index (χ3n) is 18.8. The second kappa shape index (κ2) is 31.4. The van der Waals surface area contributed by atoms with Gasteiger partial charge in [-0.25, -0.2) is 53.1 Å². The van der Waals surface area contributed by atoms with Crippen molar-refractivity contribution in [1.82, 2.24) is 57.8 Å². The number of anilines is 3. The molecular weight excluding hydrogens is 1400 g/mol. The largest absolute Gasteiger partial charge is 0.474 e. The fraction of sp³-hybridized carbons (Fsp3) is 0.329. The molecule has 0 saturated carbocycles. The summed E-state index contributed by atoms with van der Waals surface area (Å²) in [5.74, 6) is 3.34. The molecule has 3 aliphatic rings. The summed E-state index contributed by atoms with van der Waals surface area (Å²) in [4.78, 5) is 42.1. The first-order chi connectivity index (χ1) is 50.0. The van der Waals surface area contributed by atoms with Crippen molar-refractivity contribution in [3.63, 3.8) is 0 Å². The Labute approximate surface area is 610 Å². The number of hydrogen-bond donors (Lipinski definition) is 3. The molecule has 3 N–H and O–H groups in total. The summed E-state index contributed by atoms with van der Waals surface area (Å²) in [7, 11) is -9.58. The average molecular weight is 1480 g/mol. The second-order valence-electron chi connectivity index (χ2n) is 26.4. The molecule has 3 atom stereocenters. The van der Waals surface area contributed by atoms with Crippen LogP contribution in [-0.2, 0) is 30.1 Å². The van der Waals surface area contributed by atoms with E-state index in [1.165, 1.54) is 31.7 Å². The molecule has 0 aliphatic carbocycles. The average Bonchev–Trinajstić information content (AvgIpc) is 0.781. The lowest BCUT2D eigenvalue weighted by molar-refractivity contribution is 0.131. The summed E-state index contributed by atoms with van der Waals surface area (Å²) >= 11 is 6.52. The molecule has 0 unspecified atom stereocenters. The maximum Gasteiger partial charge on any atom is 0.226 e. The molecule has 24 nitrogen and oxygen atoms in total. The van der Waals surface area contributed by atoms with Crippen LogP contribution in [0.5, 0.6) is 17.6 Å². The van der Waals surface area contributed by atoms with Crippen molar-refractivity contribution in [3.05, 3.63) is 198 Å². The van der Waals surface area contributed by atoms with E-state index in [-0.39, 0.29) is 36.4 Å². The number of para-hydroxylation sites is 4. The standard InChI is InChI=1S/C26H29N5O3S.C25H26ClN5O3S.C25H27N5O3S/c1-17-7-6-10-23-24(17)26(34-19-12-15-31(16-13-19)35(3,32)33)30-25(29-23)18(2)28-22-11-14-27-21-9-5-4-8-20(21)22;1-16(28-21-10-13-27-20-8-4-3-6-18(20)21)24-29-22-9-5-7-19(26)23(22)25(30-24)34-17-11-14-31(15-12-17)35(2,32)33;1-17(27-23-11-14-26-21-9-5-3-7-19(21)23)24-28-22-10-6-4-8-20(22)25(29-24)33-18-12-15-30(16-13-18)34(2,31)32/h4-11,14,18-19H,12-13,15-16H2,1-3H3,(H,27,28);3-10,13,16-17H,11-12,14-15H2,1-2H3,(H,27,28);3-11,14,17-18H,12-13,15-16H2,1-2H3,(H,26,27)/t18-;16-;17-/m000/s1. The number of piperidine rings is 3. The molecule has 3 saturated heterocycles. The van der Waals surface area contributed by atoms with E-state index in [1.54, 1.807) is 24.7 Å². The summed E-state index contributed by atoms with van der Waals surface area (Å²) in [6, 6.07) is 48.5. The highest BCUT2D eigenvalue weighted by atomic mass is 35.5. The van der Waals surface area contributed by atoms with Gasteiger partial charge in [-0.1, -0.05) is 96.5 Å². The Kier molecular flexibility index (Phi) is 21.9. The van der Waals surface area contributed by atoms with E-state index < -0.39 is 30.1 Å². The van der Waals surface area contributed by atoms with Crippen molar-refractivity contribution in [2.75, 3.05) is 74.0 Å². The highest BCUT2D eigenvalue weighted by Gasteiger charge is 2.31. The van der Waals surface area contributed by atoms with Gasteiger partial charge in [0.15, 0.2) is 17.5 Å². The normalized spacial score (nSPS) is 16.5. The third-order valence-corrected chi connectivity index (χ3v) is 23.1. The monoisotopic (exact) mass is 1480 g/mol. The molecule has 6 aromatic heterocycles. The molecule has 28 heteroatoms. The van der Waals surface area contributed by atoms with E-state index in [0.29, 0.717) is 129 Å². The number of ether oxygens (including phenoxy) is 3. The maximum atomic E-state index is 11.9. The van der Waals surface area contributed by atoms with Gasteiger partial charge in [0.05, 0.1) is 91.2 Å². The number of aromatic nitrogens is 9. The van der Waals surface area contributed by atoms with Crippen molar-refractivity contribution in [2.24, 2.45) is 0 Å². The van der Waals surface area contributed by atoms with Crippen LogP contribution >= 0.6 is 11.6 Å². The Bertz CT molecular complexity index is 5230. The minimum absolute atomic E-state index is 0.100. The van der Waals surface area contributed by atoms with E-state index in [9.17, 15) is 25.3 Å². The molecule has 0 spiro atoms. The fourth-order valence-electron chi connectivity index (χ4n) is 13.2. The fourth-order valence-corrected chi connectivity index (χ4v) is 16.1. The van der Waals surface area contributed by atoms with E-state index in [1.807, 2.05) is 173 Å². The predicted molar refractivity (Wildman–Crippen MR) is 410 cm³/mol. The Morgan fingerprint density at radius 2 is 0.683 bits per heavy atom. The molecule has 3 aliphatic heterocycles. The number of benzene rings is 6. The van der Waals surface area contributed by atoms with Crippen LogP contribution in [0.3, 0.4) is 0 Å². The Morgan fingerprint density at radius 1 is 0.375 bits per heavy atom. The van der Waals surface area contributed by atoms with Crippen molar-refractivity contribution < 1.29 is 39.5 Å². The molecule has 104 heavy (non-hydrogen) atoms. The zero-order valence-electron chi connectivity index (χ0n) is 58.8. The number of pyridine rings is 3. The molecule has 9 heterocycles. The SMILES string of the molecule is C[C@H](Nc1ccnc2ccccc12)c1nc(OC2CCN(S(C)(=O)=O)CC2)c2c(Cl)cccc2n1.C[C@H](Nc1ccnc2ccccc12)c1nc(OC2CCN(S(C)(=O)=O)CC2)c2ccccc2n1.Cc1cccc2nc([C@H](C)Nc3ccnc4ccccc34)nc(OC3CCN(S(C)(=O)=O)CC3)c12. The van der Waals surface area contributed by atoms with Gasteiger partial charge in [0.1, 0.15) is 18.3 Å². The summed E-state index contributed by atoms with van der Waals surface area (Å²) in [6.07, 6.45) is 12.4. The van der Waals surface area contributed by atoms with Gasteiger partial charge in [0.25, 0.3) is 0 Å². The third kappa shape index (κ3) is 17.1. The number of halogens is 1. The molecule has 3 fully saturated rings.